The van der Waals surface area contributed by atoms with Crippen LogP contribution in [0.15, 0.2) is 82.7 Å². The van der Waals surface area contributed by atoms with Crippen molar-refractivity contribution in [2.24, 2.45) is 5.10 Å². The molecule has 0 bridgehead atoms. The second-order valence-corrected chi connectivity index (χ2v) is 8.32. The molecule has 0 spiro atoms. The van der Waals surface area contributed by atoms with E-state index in [9.17, 15) is 9.59 Å². The molecule has 0 aliphatic carbocycles. The number of nitrogens with zero attached hydrogens (tertiary/aromatic N) is 3. The first-order valence-corrected chi connectivity index (χ1v) is 11.2. The van der Waals surface area contributed by atoms with Crippen molar-refractivity contribution in [3.05, 3.63) is 92.3 Å². The van der Waals surface area contributed by atoms with E-state index >= 15 is 0 Å². The summed E-state index contributed by atoms with van der Waals surface area (Å²) in [6.07, 6.45) is 0.874. The number of methoxy groups -OCH3 is 1. The van der Waals surface area contributed by atoms with Crippen molar-refractivity contribution in [1.82, 2.24) is 9.66 Å². The minimum atomic E-state index is -0.723. The number of halogens is 1. The van der Waals surface area contributed by atoms with Gasteiger partial charge in [0.05, 0.1) is 27.8 Å². The second-order valence-electron chi connectivity index (χ2n) is 7.15. The van der Waals surface area contributed by atoms with E-state index in [1.54, 1.807) is 37.4 Å². The fourth-order valence-corrected chi connectivity index (χ4v) is 3.89. The summed E-state index contributed by atoms with van der Waals surface area (Å²) in [6.45, 7) is 1.63. The van der Waals surface area contributed by atoms with Gasteiger partial charge < -0.3 is 9.47 Å². The van der Waals surface area contributed by atoms with Crippen LogP contribution in [0.25, 0.3) is 22.3 Å². The zero-order chi connectivity index (χ0) is 23.4. The number of hydrogen-bond acceptors (Lipinski definition) is 6. The second kappa shape index (κ2) is 9.95. The van der Waals surface area contributed by atoms with Gasteiger partial charge in [-0.05, 0) is 65.4 Å². The van der Waals surface area contributed by atoms with Crippen LogP contribution >= 0.6 is 22.6 Å². The van der Waals surface area contributed by atoms with Gasteiger partial charge >= 0.3 is 5.97 Å². The van der Waals surface area contributed by atoms with Crippen LogP contribution in [-0.2, 0) is 9.53 Å². The van der Waals surface area contributed by atoms with Crippen molar-refractivity contribution < 1.29 is 14.3 Å². The molecule has 0 saturated heterocycles. The summed E-state index contributed by atoms with van der Waals surface area (Å²) in [5.41, 5.74) is 1.91. The van der Waals surface area contributed by atoms with Gasteiger partial charge in [0.2, 0.25) is 0 Å². The van der Waals surface area contributed by atoms with E-state index in [0.29, 0.717) is 22.5 Å². The third-order valence-corrected chi connectivity index (χ3v) is 5.74. The van der Waals surface area contributed by atoms with Gasteiger partial charge in [0.15, 0.2) is 11.9 Å². The minimum absolute atomic E-state index is 0.253. The molecule has 0 saturated carbocycles. The summed E-state index contributed by atoms with van der Waals surface area (Å²) in [6, 6.07) is 22.1. The van der Waals surface area contributed by atoms with E-state index in [4.69, 9.17) is 14.5 Å². The first-order chi connectivity index (χ1) is 16.0. The summed E-state index contributed by atoms with van der Waals surface area (Å²) in [5, 5.41) is 4.96. The molecular formula is C25H20IN3O4. The highest BCUT2D eigenvalue weighted by Gasteiger charge is 2.16. The van der Waals surface area contributed by atoms with Crippen LogP contribution in [0, 0.1) is 3.57 Å². The number of esters is 1. The zero-order valence-electron chi connectivity index (χ0n) is 17.9. The van der Waals surface area contributed by atoms with Gasteiger partial charge in [-0.3, -0.25) is 4.79 Å². The molecule has 8 heteroatoms. The highest BCUT2D eigenvalue weighted by atomic mass is 127. The van der Waals surface area contributed by atoms with Gasteiger partial charge in [-0.25, -0.2) is 9.78 Å². The Balaban J connectivity index is 1.72. The van der Waals surface area contributed by atoms with Crippen molar-refractivity contribution in [3.63, 3.8) is 0 Å². The van der Waals surface area contributed by atoms with Gasteiger partial charge in [0, 0.05) is 5.56 Å². The van der Waals surface area contributed by atoms with Gasteiger partial charge in [0.1, 0.15) is 5.75 Å². The maximum absolute atomic E-state index is 13.2. The standard InChI is InChI=1S/C25H20IN3O4/c1-16(25(31)32-2)33-22-13-12-17(14-20(22)26)15-27-29-23(18-8-4-3-5-9-18)28-21-11-7-6-10-19(21)24(29)30/h3-16H,1-2H3/t16-/m1/s1. The van der Waals surface area contributed by atoms with Crippen LogP contribution in [-0.4, -0.2) is 35.1 Å². The molecular weight excluding hydrogens is 533 g/mol. The topological polar surface area (TPSA) is 82.8 Å². The van der Waals surface area contributed by atoms with E-state index in [2.05, 4.69) is 27.7 Å². The van der Waals surface area contributed by atoms with Gasteiger partial charge in [-0.2, -0.15) is 9.78 Å². The number of para-hydroxylation sites is 1. The molecule has 4 aromatic rings. The Morgan fingerprint density at radius 2 is 1.82 bits per heavy atom. The smallest absolute Gasteiger partial charge is 0.346 e. The van der Waals surface area contributed by atoms with E-state index in [0.717, 1.165) is 14.7 Å². The van der Waals surface area contributed by atoms with Crippen LogP contribution in [0.1, 0.15) is 12.5 Å². The van der Waals surface area contributed by atoms with E-state index in [1.807, 2.05) is 48.5 Å². The number of benzene rings is 3. The molecule has 0 aliphatic heterocycles. The number of ether oxygens (including phenoxy) is 2. The minimum Gasteiger partial charge on any atom is -0.478 e. The number of fused-ring (bicyclic) bond motifs is 1. The van der Waals surface area contributed by atoms with Crippen molar-refractivity contribution in [1.29, 1.82) is 0 Å². The van der Waals surface area contributed by atoms with Crippen molar-refractivity contribution >= 4 is 45.7 Å². The third kappa shape index (κ3) is 4.95. The molecule has 0 unspecified atom stereocenters. The normalized spacial score (nSPS) is 12.1. The fraction of sp³-hybridized carbons (Fsp3) is 0.120. The SMILES string of the molecule is COC(=O)[C@@H](C)Oc1ccc(C=Nn2c(-c3ccccc3)nc3ccccc3c2=O)cc1I. The lowest BCUT2D eigenvalue weighted by Gasteiger charge is -2.14. The highest BCUT2D eigenvalue weighted by Crippen LogP contribution is 2.23. The van der Waals surface area contributed by atoms with Crippen LogP contribution in [0.3, 0.4) is 0 Å². The Hall–Kier alpha value is -3.53. The van der Waals surface area contributed by atoms with Crippen molar-refractivity contribution in [3.8, 4) is 17.1 Å². The average Bonchev–Trinajstić information content (AvgIpc) is 2.84. The van der Waals surface area contributed by atoms with Crippen molar-refractivity contribution in [2.45, 2.75) is 13.0 Å². The molecule has 3 aromatic carbocycles. The number of rotatable bonds is 6. The number of carbonyl (C=O) groups excluding carboxylic acids is 1. The predicted octanol–water partition coefficient (Wildman–Crippen LogP) is 4.49. The van der Waals surface area contributed by atoms with Gasteiger partial charge in [-0.1, -0.05) is 42.5 Å². The molecule has 0 aliphatic rings. The monoisotopic (exact) mass is 553 g/mol. The number of aromatic nitrogens is 2. The zero-order valence-corrected chi connectivity index (χ0v) is 20.1. The highest BCUT2D eigenvalue weighted by molar-refractivity contribution is 14.1. The molecule has 7 nitrogen and oxygen atoms in total. The van der Waals surface area contributed by atoms with Crippen molar-refractivity contribution in [2.75, 3.05) is 7.11 Å². The molecule has 166 valence electrons. The van der Waals surface area contributed by atoms with Crippen LogP contribution in [0.5, 0.6) is 5.75 Å². The lowest BCUT2D eigenvalue weighted by molar-refractivity contribution is -0.147. The molecule has 1 atom stereocenters. The van der Waals surface area contributed by atoms with Crippen LogP contribution in [0.4, 0.5) is 0 Å². The average molecular weight is 553 g/mol. The van der Waals surface area contributed by atoms with Crippen LogP contribution < -0.4 is 10.3 Å². The molecule has 33 heavy (non-hydrogen) atoms. The molecule has 0 amide bonds. The summed E-state index contributed by atoms with van der Waals surface area (Å²) < 4.78 is 12.5. The molecule has 0 fully saturated rings. The summed E-state index contributed by atoms with van der Waals surface area (Å²) in [7, 11) is 1.32. The molecule has 1 aromatic heterocycles. The van der Waals surface area contributed by atoms with Gasteiger partial charge in [0.25, 0.3) is 5.56 Å². The largest absolute Gasteiger partial charge is 0.478 e. The van der Waals surface area contributed by atoms with E-state index in [-0.39, 0.29) is 5.56 Å². The number of carbonyl (C=O) groups is 1. The molecule has 4 rings (SSSR count). The first kappa shape index (κ1) is 22.7. The Bertz CT molecular complexity index is 1400. The lowest BCUT2D eigenvalue weighted by atomic mass is 10.2. The Labute approximate surface area is 203 Å². The van der Waals surface area contributed by atoms with E-state index < -0.39 is 12.1 Å². The molecule has 1 heterocycles. The number of hydrogen-bond donors (Lipinski definition) is 0. The maximum Gasteiger partial charge on any atom is 0.346 e. The Morgan fingerprint density at radius 3 is 2.55 bits per heavy atom. The predicted molar refractivity (Wildman–Crippen MR) is 136 cm³/mol. The van der Waals surface area contributed by atoms with Gasteiger partial charge in [-0.15, -0.1) is 0 Å². The fourth-order valence-electron chi connectivity index (χ4n) is 3.23. The Kier molecular flexibility index (Phi) is 6.83. The molecule has 0 radical (unpaired) electrons. The Morgan fingerprint density at radius 1 is 1.09 bits per heavy atom. The lowest BCUT2D eigenvalue weighted by Crippen LogP contribution is -2.25. The first-order valence-electron chi connectivity index (χ1n) is 10.1. The van der Waals surface area contributed by atoms with E-state index in [1.165, 1.54) is 11.8 Å². The summed E-state index contributed by atoms with van der Waals surface area (Å²) in [4.78, 5) is 29.5. The maximum atomic E-state index is 13.2. The quantitative estimate of drug-likeness (QED) is 0.200. The third-order valence-electron chi connectivity index (χ3n) is 4.90. The summed E-state index contributed by atoms with van der Waals surface area (Å²) in [5.74, 6) is 0.560. The van der Waals surface area contributed by atoms with Crippen LogP contribution in [0.2, 0.25) is 0 Å². The summed E-state index contributed by atoms with van der Waals surface area (Å²) >= 11 is 2.12. The molecule has 0 N–H and O–H groups in total.